The number of allylic oxidation sites excluding steroid dienone is 1. The monoisotopic (exact) mass is 324 g/mol. The number of carbonyl (C=O) groups is 3. The third-order valence-corrected chi connectivity index (χ3v) is 2.83. The highest BCUT2D eigenvalue weighted by Gasteiger charge is 2.21. The molecule has 1 atom stereocenters. The van der Waals surface area contributed by atoms with E-state index in [1.165, 1.54) is 26.0 Å². The van der Waals surface area contributed by atoms with Gasteiger partial charge in [0, 0.05) is 6.54 Å². The predicted octanol–water partition coefficient (Wildman–Crippen LogP) is -0.0977. The zero-order valence-electron chi connectivity index (χ0n) is 12.6. The quantitative estimate of drug-likeness (QED) is 0.540. The largest absolute Gasteiger partial charge is 0.480 e. The number of rotatable bonds is 6. The maximum Gasteiger partial charge on any atom is 0.325 e. The molecule has 9 heteroatoms. The number of aromatic nitrogens is 1. The van der Waals surface area contributed by atoms with E-state index >= 15 is 0 Å². The lowest BCUT2D eigenvalue weighted by Gasteiger charge is -2.13. The zero-order chi connectivity index (χ0) is 17.6. The summed E-state index contributed by atoms with van der Waals surface area (Å²) in [6.07, 6.45) is 1.26. The topological polar surface area (TPSA) is 134 Å². The highest BCUT2D eigenvalue weighted by molar-refractivity contribution is 6.02. The van der Waals surface area contributed by atoms with Crippen LogP contribution in [-0.2, 0) is 16.1 Å². The van der Waals surface area contributed by atoms with Crippen molar-refractivity contribution >= 4 is 17.8 Å². The van der Waals surface area contributed by atoms with Gasteiger partial charge < -0.3 is 21.5 Å². The second-order valence-corrected chi connectivity index (χ2v) is 4.53. The Morgan fingerprint density at radius 3 is 2.61 bits per heavy atom. The highest BCUT2D eigenvalue weighted by atomic mass is 19.1. The average Bonchev–Trinajstić information content (AvgIpc) is 2.52. The SMILES string of the molecule is C/C=C(\NC(=O)c1nc(CN)ccc1F)C(=O)N[C@@H](C)C(=O)O. The van der Waals surface area contributed by atoms with Crippen molar-refractivity contribution in [3.05, 3.63) is 41.1 Å². The molecule has 8 nitrogen and oxygen atoms in total. The van der Waals surface area contributed by atoms with Gasteiger partial charge in [0.25, 0.3) is 11.8 Å². The van der Waals surface area contributed by atoms with Gasteiger partial charge in [-0.15, -0.1) is 0 Å². The van der Waals surface area contributed by atoms with Crippen LogP contribution in [0.4, 0.5) is 4.39 Å². The molecule has 1 heterocycles. The molecular weight excluding hydrogens is 307 g/mol. The van der Waals surface area contributed by atoms with Crippen LogP contribution >= 0.6 is 0 Å². The van der Waals surface area contributed by atoms with Crippen LogP contribution in [0.2, 0.25) is 0 Å². The number of nitrogens with two attached hydrogens (primary N) is 1. The first-order valence-electron chi connectivity index (χ1n) is 6.67. The van der Waals surface area contributed by atoms with E-state index < -0.39 is 35.3 Å². The van der Waals surface area contributed by atoms with E-state index in [0.29, 0.717) is 5.69 Å². The number of pyridine rings is 1. The fourth-order valence-electron chi connectivity index (χ4n) is 1.53. The molecule has 0 saturated heterocycles. The van der Waals surface area contributed by atoms with Gasteiger partial charge in [0.1, 0.15) is 11.7 Å². The molecule has 0 fully saturated rings. The summed E-state index contributed by atoms with van der Waals surface area (Å²) in [6.45, 7) is 2.75. The molecule has 0 radical (unpaired) electrons. The molecule has 0 unspecified atom stereocenters. The number of hydrogen-bond acceptors (Lipinski definition) is 5. The summed E-state index contributed by atoms with van der Waals surface area (Å²) in [6, 6.07) is 1.24. The number of halogens is 1. The standard InChI is InChI=1S/C14H17FN4O4/c1-3-10(12(20)17-7(2)14(22)23)19-13(21)11-9(15)5-4-8(6-16)18-11/h3-5,7H,6,16H2,1-2H3,(H,17,20)(H,19,21)(H,22,23)/b10-3-/t7-/m0/s1. The Morgan fingerprint density at radius 2 is 2.09 bits per heavy atom. The predicted molar refractivity (Wildman–Crippen MR) is 78.6 cm³/mol. The van der Waals surface area contributed by atoms with Crippen molar-refractivity contribution in [2.45, 2.75) is 26.4 Å². The first-order chi connectivity index (χ1) is 10.8. The second-order valence-electron chi connectivity index (χ2n) is 4.53. The van der Waals surface area contributed by atoms with Gasteiger partial charge in [-0.3, -0.25) is 14.4 Å². The third kappa shape index (κ3) is 4.85. The Kier molecular flexibility index (Phi) is 6.34. The lowest BCUT2D eigenvalue weighted by atomic mass is 10.2. The van der Waals surface area contributed by atoms with Crippen molar-refractivity contribution in [3.8, 4) is 0 Å². The number of nitrogens with one attached hydrogen (secondary N) is 2. The van der Waals surface area contributed by atoms with Crippen LogP contribution in [0.5, 0.6) is 0 Å². The average molecular weight is 324 g/mol. The number of carboxylic acids is 1. The van der Waals surface area contributed by atoms with E-state index in [0.717, 1.165) is 6.07 Å². The van der Waals surface area contributed by atoms with E-state index in [4.69, 9.17) is 10.8 Å². The summed E-state index contributed by atoms with van der Waals surface area (Å²) >= 11 is 0. The molecule has 0 aliphatic rings. The summed E-state index contributed by atoms with van der Waals surface area (Å²) in [5.74, 6) is -3.85. The summed E-state index contributed by atoms with van der Waals surface area (Å²) in [4.78, 5) is 38.4. The fourth-order valence-corrected chi connectivity index (χ4v) is 1.53. The van der Waals surface area contributed by atoms with Crippen molar-refractivity contribution in [2.75, 3.05) is 0 Å². The molecule has 0 spiro atoms. The molecule has 0 aromatic carbocycles. The van der Waals surface area contributed by atoms with Crippen LogP contribution in [0, 0.1) is 5.82 Å². The smallest absolute Gasteiger partial charge is 0.325 e. The van der Waals surface area contributed by atoms with E-state index in [9.17, 15) is 18.8 Å². The van der Waals surface area contributed by atoms with Gasteiger partial charge in [0.2, 0.25) is 0 Å². The van der Waals surface area contributed by atoms with Gasteiger partial charge in [0.05, 0.1) is 5.69 Å². The van der Waals surface area contributed by atoms with E-state index in [-0.39, 0.29) is 12.2 Å². The molecule has 5 N–H and O–H groups in total. The number of aliphatic carboxylic acids is 1. The molecule has 1 rings (SSSR count). The first kappa shape index (κ1) is 18.2. The molecule has 1 aromatic rings. The van der Waals surface area contributed by atoms with E-state index in [1.54, 1.807) is 0 Å². The third-order valence-electron chi connectivity index (χ3n) is 2.83. The normalized spacial score (nSPS) is 12.4. The lowest BCUT2D eigenvalue weighted by Crippen LogP contribution is -2.42. The number of nitrogens with zero attached hydrogens (tertiary/aromatic N) is 1. The molecule has 0 saturated carbocycles. The fraction of sp³-hybridized carbons (Fsp3) is 0.286. The van der Waals surface area contributed by atoms with Gasteiger partial charge in [-0.2, -0.15) is 0 Å². The summed E-state index contributed by atoms with van der Waals surface area (Å²) < 4.78 is 13.7. The Bertz CT molecular complexity index is 660. The van der Waals surface area contributed by atoms with Crippen LogP contribution in [0.15, 0.2) is 23.9 Å². The molecule has 0 bridgehead atoms. The van der Waals surface area contributed by atoms with Crippen LogP contribution in [0.25, 0.3) is 0 Å². The van der Waals surface area contributed by atoms with Gasteiger partial charge in [0.15, 0.2) is 11.5 Å². The van der Waals surface area contributed by atoms with Gasteiger partial charge in [-0.1, -0.05) is 6.08 Å². The van der Waals surface area contributed by atoms with Crippen molar-refractivity contribution in [1.82, 2.24) is 15.6 Å². The van der Waals surface area contributed by atoms with Crippen LogP contribution < -0.4 is 16.4 Å². The summed E-state index contributed by atoms with van der Waals surface area (Å²) in [7, 11) is 0. The van der Waals surface area contributed by atoms with Crippen molar-refractivity contribution in [3.63, 3.8) is 0 Å². The van der Waals surface area contributed by atoms with Crippen molar-refractivity contribution < 1.29 is 23.9 Å². The Labute approximate surface area is 131 Å². The minimum Gasteiger partial charge on any atom is -0.480 e. The Morgan fingerprint density at radius 1 is 1.43 bits per heavy atom. The molecule has 23 heavy (non-hydrogen) atoms. The minimum absolute atomic E-state index is 0.0215. The van der Waals surface area contributed by atoms with Gasteiger partial charge in [-0.05, 0) is 26.0 Å². The Balaban J connectivity index is 2.89. The number of hydrogen-bond donors (Lipinski definition) is 4. The van der Waals surface area contributed by atoms with Crippen molar-refractivity contribution in [1.29, 1.82) is 0 Å². The number of carbonyl (C=O) groups excluding carboxylic acids is 2. The Hall–Kier alpha value is -2.81. The molecular formula is C14H17FN4O4. The first-order valence-corrected chi connectivity index (χ1v) is 6.67. The van der Waals surface area contributed by atoms with Gasteiger partial charge in [-0.25, -0.2) is 9.37 Å². The maximum atomic E-state index is 13.7. The van der Waals surface area contributed by atoms with E-state index in [1.807, 2.05) is 0 Å². The van der Waals surface area contributed by atoms with Crippen molar-refractivity contribution in [2.24, 2.45) is 5.73 Å². The van der Waals surface area contributed by atoms with Crippen LogP contribution in [-0.4, -0.2) is 33.9 Å². The minimum atomic E-state index is -1.23. The summed E-state index contributed by atoms with van der Waals surface area (Å²) in [5, 5.41) is 13.1. The molecule has 1 aromatic heterocycles. The molecule has 0 aliphatic carbocycles. The lowest BCUT2D eigenvalue weighted by molar-refractivity contribution is -0.140. The molecule has 2 amide bonds. The molecule has 124 valence electrons. The molecule has 0 aliphatic heterocycles. The van der Waals surface area contributed by atoms with Crippen LogP contribution in [0.3, 0.4) is 0 Å². The number of amides is 2. The van der Waals surface area contributed by atoms with E-state index in [2.05, 4.69) is 15.6 Å². The highest BCUT2D eigenvalue weighted by Crippen LogP contribution is 2.07. The maximum absolute atomic E-state index is 13.7. The van der Waals surface area contributed by atoms with Crippen LogP contribution in [0.1, 0.15) is 30.0 Å². The summed E-state index contributed by atoms with van der Waals surface area (Å²) in [5.41, 5.74) is 4.96. The number of carboxylic acid groups (broad SMARTS) is 1. The zero-order valence-corrected chi connectivity index (χ0v) is 12.6. The second kappa shape index (κ2) is 7.99. The van der Waals surface area contributed by atoms with Gasteiger partial charge >= 0.3 is 5.97 Å².